The number of nitrogens with one attached hydrogen (secondary N) is 1. The largest absolute Gasteiger partial charge is 0.391 e. The van der Waals surface area contributed by atoms with Crippen LogP contribution in [0.1, 0.15) is 181 Å². The second-order valence-corrected chi connectivity index (χ2v) is 14.1. The van der Waals surface area contributed by atoms with E-state index in [0.717, 1.165) is 44.9 Å². The minimum absolute atomic E-state index is 0.277. The van der Waals surface area contributed by atoms with Gasteiger partial charge in [-0.3, -0.25) is 9.35 Å². The van der Waals surface area contributed by atoms with Crippen LogP contribution < -0.4 is 5.32 Å². The third kappa shape index (κ3) is 29.5. The van der Waals surface area contributed by atoms with Crippen molar-refractivity contribution in [2.24, 2.45) is 0 Å². The first-order valence-electron chi connectivity index (χ1n) is 18.0. The van der Waals surface area contributed by atoms with Gasteiger partial charge in [-0.25, -0.2) is 0 Å². The smallest absolute Gasteiger partial charge is 0.266 e. The molecular weight excluding hydrogens is 562 g/mol. The Balaban J connectivity index is 4.02. The van der Waals surface area contributed by atoms with Gasteiger partial charge < -0.3 is 15.5 Å². The van der Waals surface area contributed by atoms with E-state index < -0.39 is 40.0 Å². The molecule has 256 valence electrons. The first-order valence-corrected chi connectivity index (χ1v) is 19.6. The predicted molar refractivity (Wildman–Crippen MR) is 181 cm³/mol. The molecule has 0 rings (SSSR count). The van der Waals surface area contributed by atoms with E-state index in [-0.39, 0.29) is 6.42 Å². The summed E-state index contributed by atoms with van der Waals surface area (Å²) in [6, 6.07) is -1.15. The molecule has 4 N–H and O–H groups in total. The topological polar surface area (TPSA) is 124 Å². The number of hydrogen-bond donors (Lipinski definition) is 4. The number of aliphatic hydroxyl groups is 2. The van der Waals surface area contributed by atoms with Crippen LogP contribution in [0.5, 0.6) is 0 Å². The lowest BCUT2D eigenvalue weighted by atomic mass is 10.0. The van der Waals surface area contributed by atoms with Gasteiger partial charge in [-0.2, -0.15) is 8.42 Å². The van der Waals surface area contributed by atoms with E-state index in [0.29, 0.717) is 19.3 Å². The Bertz CT molecular complexity index is 757. The zero-order chi connectivity index (χ0) is 32.0. The average Bonchev–Trinajstić information content (AvgIpc) is 2.96. The van der Waals surface area contributed by atoms with Crippen LogP contribution in [0.3, 0.4) is 0 Å². The lowest BCUT2D eigenvalue weighted by Gasteiger charge is -2.24. The Morgan fingerprint density at radius 2 is 1.00 bits per heavy atom. The summed E-state index contributed by atoms with van der Waals surface area (Å²) in [6.45, 7) is 4.43. The Morgan fingerprint density at radius 3 is 1.47 bits per heavy atom. The molecule has 0 saturated carbocycles. The van der Waals surface area contributed by atoms with E-state index in [1.165, 1.54) is 96.3 Å². The van der Waals surface area contributed by atoms with E-state index in [4.69, 9.17) is 0 Å². The van der Waals surface area contributed by atoms with Gasteiger partial charge in [-0.15, -0.1) is 0 Å². The van der Waals surface area contributed by atoms with Crippen LogP contribution in [-0.2, 0) is 14.9 Å². The van der Waals surface area contributed by atoms with Crippen molar-refractivity contribution in [3.8, 4) is 0 Å². The maximum Gasteiger partial charge on any atom is 0.266 e. The summed E-state index contributed by atoms with van der Waals surface area (Å²) in [5.41, 5.74) is 0. The van der Waals surface area contributed by atoms with Crippen LogP contribution in [0.2, 0.25) is 0 Å². The van der Waals surface area contributed by atoms with Gasteiger partial charge in [0.25, 0.3) is 10.1 Å². The lowest BCUT2D eigenvalue weighted by Crippen LogP contribution is -2.50. The van der Waals surface area contributed by atoms with E-state index in [1.807, 2.05) is 0 Å². The van der Waals surface area contributed by atoms with Gasteiger partial charge in [0, 0.05) is 0 Å². The summed E-state index contributed by atoms with van der Waals surface area (Å²) >= 11 is 0. The van der Waals surface area contributed by atoms with E-state index in [1.54, 1.807) is 0 Å². The van der Waals surface area contributed by atoms with Gasteiger partial charge in [0.15, 0.2) is 0 Å². The first kappa shape index (κ1) is 42.0. The highest BCUT2D eigenvalue weighted by Crippen LogP contribution is 2.16. The molecular formula is C35H69NO6S. The average molecular weight is 632 g/mol. The van der Waals surface area contributed by atoms with Gasteiger partial charge in [0.2, 0.25) is 5.91 Å². The molecule has 0 spiro atoms. The number of allylic oxidation sites excluding steroid dienone is 2. The second-order valence-electron chi connectivity index (χ2n) is 12.6. The molecule has 0 aromatic carbocycles. The maximum atomic E-state index is 12.5. The SMILES string of the molecule is CCCC/C=C\CCCCCC(O)C(=O)NC(CS(=O)(=O)O)C(O)CCCCCCCCCCCCCCCCCCC. The van der Waals surface area contributed by atoms with Gasteiger partial charge in [0.1, 0.15) is 6.10 Å². The van der Waals surface area contributed by atoms with E-state index in [2.05, 4.69) is 31.3 Å². The summed E-state index contributed by atoms with van der Waals surface area (Å²) < 4.78 is 32.4. The minimum atomic E-state index is -4.40. The number of aliphatic hydroxyl groups excluding tert-OH is 2. The highest BCUT2D eigenvalue weighted by molar-refractivity contribution is 7.85. The summed E-state index contributed by atoms with van der Waals surface area (Å²) in [5, 5.41) is 23.3. The van der Waals surface area contributed by atoms with Crippen LogP contribution in [0, 0.1) is 0 Å². The molecule has 3 unspecified atom stereocenters. The van der Waals surface area contributed by atoms with Crippen molar-refractivity contribution >= 4 is 16.0 Å². The molecule has 3 atom stereocenters. The molecule has 0 fully saturated rings. The van der Waals surface area contributed by atoms with Gasteiger partial charge in [0.05, 0.1) is 17.9 Å². The molecule has 0 heterocycles. The number of unbranched alkanes of at least 4 members (excludes halogenated alkanes) is 21. The molecule has 7 nitrogen and oxygen atoms in total. The first-order chi connectivity index (χ1) is 20.7. The van der Waals surface area contributed by atoms with Crippen molar-refractivity contribution in [2.45, 2.75) is 199 Å². The Morgan fingerprint density at radius 1 is 0.605 bits per heavy atom. The predicted octanol–water partition coefficient (Wildman–Crippen LogP) is 8.82. The van der Waals surface area contributed by atoms with Crippen molar-refractivity contribution in [2.75, 3.05) is 5.75 Å². The third-order valence-corrected chi connectivity index (χ3v) is 9.11. The Hall–Kier alpha value is -0.960. The van der Waals surface area contributed by atoms with Crippen LogP contribution in [0.15, 0.2) is 12.2 Å². The Labute approximate surface area is 265 Å². The summed E-state index contributed by atoms with van der Waals surface area (Å²) in [7, 11) is -4.40. The summed E-state index contributed by atoms with van der Waals surface area (Å²) in [6.07, 6.45) is 31.0. The van der Waals surface area contributed by atoms with Gasteiger partial charge in [-0.1, -0.05) is 161 Å². The fourth-order valence-electron chi connectivity index (χ4n) is 5.50. The fourth-order valence-corrected chi connectivity index (χ4v) is 6.26. The molecule has 1 amide bonds. The third-order valence-electron chi connectivity index (χ3n) is 8.33. The highest BCUT2D eigenvalue weighted by Gasteiger charge is 2.28. The molecule has 0 aromatic rings. The van der Waals surface area contributed by atoms with Crippen LogP contribution in [0.4, 0.5) is 0 Å². The molecule has 43 heavy (non-hydrogen) atoms. The van der Waals surface area contributed by atoms with Crippen molar-refractivity contribution < 1.29 is 28.0 Å². The molecule has 0 radical (unpaired) electrons. The zero-order valence-corrected chi connectivity index (χ0v) is 28.8. The second kappa shape index (κ2) is 29.7. The molecule has 0 aromatic heterocycles. The number of rotatable bonds is 32. The van der Waals surface area contributed by atoms with Crippen LogP contribution >= 0.6 is 0 Å². The van der Waals surface area contributed by atoms with Crippen molar-refractivity contribution in [3.05, 3.63) is 12.2 Å². The van der Waals surface area contributed by atoms with Gasteiger partial charge >= 0.3 is 0 Å². The van der Waals surface area contributed by atoms with Gasteiger partial charge in [-0.05, 0) is 32.1 Å². The zero-order valence-electron chi connectivity index (χ0n) is 28.0. The summed E-state index contributed by atoms with van der Waals surface area (Å²) in [4.78, 5) is 12.5. The number of carbonyl (C=O) groups excluding carboxylic acids is 1. The fraction of sp³-hybridized carbons (Fsp3) is 0.914. The number of carbonyl (C=O) groups is 1. The molecule has 0 saturated heterocycles. The quantitative estimate of drug-likeness (QED) is 0.0334. The summed E-state index contributed by atoms with van der Waals surface area (Å²) in [5.74, 6) is -1.47. The maximum absolute atomic E-state index is 12.5. The van der Waals surface area contributed by atoms with Crippen molar-refractivity contribution in [1.29, 1.82) is 0 Å². The lowest BCUT2D eigenvalue weighted by molar-refractivity contribution is -0.131. The Kier molecular flexibility index (Phi) is 29.1. The normalized spacial score (nSPS) is 14.3. The minimum Gasteiger partial charge on any atom is -0.391 e. The van der Waals surface area contributed by atoms with Crippen LogP contribution in [0.25, 0.3) is 0 Å². The molecule has 0 aliphatic heterocycles. The van der Waals surface area contributed by atoms with Crippen LogP contribution in [-0.4, -0.2) is 53.1 Å². The molecule has 0 aliphatic carbocycles. The van der Waals surface area contributed by atoms with Crippen molar-refractivity contribution in [1.82, 2.24) is 5.32 Å². The van der Waals surface area contributed by atoms with Crippen molar-refractivity contribution in [3.63, 3.8) is 0 Å². The molecule has 0 aliphatic rings. The van der Waals surface area contributed by atoms with E-state index >= 15 is 0 Å². The molecule has 8 heteroatoms. The monoisotopic (exact) mass is 631 g/mol. The number of amides is 1. The number of hydrogen-bond acceptors (Lipinski definition) is 5. The highest BCUT2D eigenvalue weighted by atomic mass is 32.2. The standard InChI is InChI=1S/C35H69NO6S/c1-3-5-7-9-11-13-14-15-16-17-18-19-20-22-23-25-27-29-33(37)32(31-43(40,41)42)36-35(39)34(38)30-28-26-24-21-12-10-8-6-4-2/h10,12,32-34,37-38H,3-9,11,13-31H2,1-2H3,(H,36,39)(H,40,41,42)/b12-10-. The van der Waals surface area contributed by atoms with E-state index in [9.17, 15) is 28.0 Å². The molecule has 0 bridgehead atoms.